The highest BCUT2D eigenvalue weighted by Crippen LogP contribution is 2.26. The summed E-state index contributed by atoms with van der Waals surface area (Å²) < 4.78 is 5.80. The Hall–Kier alpha value is -1.37. The lowest BCUT2D eigenvalue weighted by molar-refractivity contribution is -0.122. The number of likely N-dealkylation sites (N-methyl/N-ethyl adjacent to an activating group) is 1. The highest BCUT2D eigenvalue weighted by molar-refractivity contribution is 6.30. The first kappa shape index (κ1) is 15.0. The first-order chi connectivity index (χ1) is 9.63. The minimum Gasteiger partial charge on any atom is -0.486 e. The van der Waals surface area contributed by atoms with Gasteiger partial charge in [-0.15, -0.1) is 0 Å². The highest BCUT2D eigenvalue weighted by atomic mass is 35.5. The van der Waals surface area contributed by atoms with E-state index in [1.807, 2.05) is 4.90 Å². The van der Waals surface area contributed by atoms with Gasteiger partial charge in [0.2, 0.25) is 5.91 Å². The van der Waals surface area contributed by atoms with Crippen molar-refractivity contribution in [3.05, 3.63) is 23.5 Å². The predicted octanol–water partition coefficient (Wildman–Crippen LogP) is 0.295. The average Bonchev–Trinajstić information content (AvgIpc) is 2.83. The quantitative estimate of drug-likeness (QED) is 0.765. The van der Waals surface area contributed by atoms with Crippen molar-refractivity contribution in [3.8, 4) is 5.75 Å². The molecule has 0 spiro atoms. The molecule has 0 unspecified atom stereocenters. The zero-order chi connectivity index (χ0) is 14.5. The largest absolute Gasteiger partial charge is 0.486 e. The number of hydrogen-bond acceptors (Lipinski definition) is 5. The van der Waals surface area contributed by atoms with Crippen molar-refractivity contribution in [3.63, 3.8) is 0 Å². The molecule has 0 aliphatic carbocycles. The maximum atomic E-state index is 11.4. The van der Waals surface area contributed by atoms with E-state index < -0.39 is 0 Å². The lowest BCUT2D eigenvalue weighted by Gasteiger charge is -2.20. The van der Waals surface area contributed by atoms with E-state index >= 15 is 0 Å². The lowest BCUT2D eigenvalue weighted by Crippen LogP contribution is -2.40. The van der Waals surface area contributed by atoms with Crippen molar-refractivity contribution < 1.29 is 14.6 Å². The predicted molar refractivity (Wildman–Crippen MR) is 74.8 cm³/mol. The number of hydrogen-bond donors (Lipinski definition) is 2. The molecule has 1 aromatic rings. The number of halogens is 1. The van der Waals surface area contributed by atoms with Gasteiger partial charge in [-0.05, 0) is 12.1 Å². The topological polar surface area (TPSA) is 74.7 Å². The second-order valence-electron chi connectivity index (χ2n) is 4.71. The molecule has 6 nitrogen and oxygen atoms in total. The minimum absolute atomic E-state index is 0.00236. The van der Waals surface area contributed by atoms with Crippen LogP contribution in [0.15, 0.2) is 18.3 Å². The van der Waals surface area contributed by atoms with Crippen LogP contribution in [0.25, 0.3) is 0 Å². The number of ether oxygens (including phenoxy) is 1. The van der Waals surface area contributed by atoms with Crippen molar-refractivity contribution in [2.45, 2.75) is 18.6 Å². The van der Waals surface area contributed by atoms with Gasteiger partial charge in [0.25, 0.3) is 0 Å². The third-order valence-corrected chi connectivity index (χ3v) is 3.63. The molecule has 0 bridgehead atoms. The molecule has 2 rings (SSSR count). The van der Waals surface area contributed by atoms with E-state index in [4.69, 9.17) is 16.3 Å². The van der Waals surface area contributed by atoms with Gasteiger partial charge in [-0.3, -0.25) is 9.69 Å². The van der Waals surface area contributed by atoms with Crippen LogP contribution in [0.1, 0.15) is 6.42 Å². The van der Waals surface area contributed by atoms with Crippen LogP contribution in [-0.4, -0.2) is 59.8 Å². The van der Waals surface area contributed by atoms with Crippen molar-refractivity contribution in [2.24, 2.45) is 0 Å². The monoisotopic (exact) mass is 299 g/mol. The minimum atomic E-state index is -0.112. The van der Waals surface area contributed by atoms with Crippen molar-refractivity contribution >= 4 is 17.5 Å². The fourth-order valence-electron chi connectivity index (χ4n) is 2.31. The van der Waals surface area contributed by atoms with Gasteiger partial charge >= 0.3 is 0 Å². The lowest BCUT2D eigenvalue weighted by atomic mass is 10.2. The number of amides is 1. The molecule has 1 aromatic heterocycles. The first-order valence-electron chi connectivity index (χ1n) is 6.46. The summed E-state index contributed by atoms with van der Waals surface area (Å²) in [6.07, 6.45) is 2.13. The second-order valence-corrected chi connectivity index (χ2v) is 5.06. The molecule has 2 N–H and O–H groups in total. The second kappa shape index (κ2) is 6.88. The number of rotatable bonds is 5. The van der Waals surface area contributed by atoms with Crippen molar-refractivity contribution in [1.82, 2.24) is 15.2 Å². The summed E-state index contributed by atoms with van der Waals surface area (Å²) in [4.78, 5) is 17.3. The molecule has 0 radical (unpaired) electrons. The van der Waals surface area contributed by atoms with E-state index in [1.165, 1.54) is 0 Å². The van der Waals surface area contributed by atoms with Gasteiger partial charge in [0.15, 0.2) is 10.9 Å². The van der Waals surface area contributed by atoms with Gasteiger partial charge in [-0.2, -0.15) is 0 Å². The number of nitrogens with zero attached hydrogens (tertiary/aromatic N) is 2. The van der Waals surface area contributed by atoms with Crippen molar-refractivity contribution in [1.29, 1.82) is 0 Å². The molecule has 2 atom stereocenters. The van der Waals surface area contributed by atoms with Gasteiger partial charge in [-0.1, -0.05) is 11.6 Å². The third-order valence-electron chi connectivity index (χ3n) is 3.34. The van der Waals surface area contributed by atoms with Crippen LogP contribution >= 0.6 is 11.6 Å². The SMILES string of the molecule is CNC(=O)CN1C[C@H](Oc2cccnc2Cl)C[C@@H]1CO. The number of aliphatic hydroxyl groups excluding tert-OH is 1. The van der Waals surface area contributed by atoms with Gasteiger partial charge in [-0.25, -0.2) is 4.98 Å². The Kier molecular flexibility index (Phi) is 5.17. The summed E-state index contributed by atoms with van der Waals surface area (Å²) in [6, 6.07) is 3.43. The summed E-state index contributed by atoms with van der Waals surface area (Å²) in [5, 5.41) is 12.3. The maximum absolute atomic E-state index is 11.4. The van der Waals surface area contributed by atoms with Crippen LogP contribution in [0.3, 0.4) is 0 Å². The van der Waals surface area contributed by atoms with Gasteiger partial charge in [0.1, 0.15) is 6.10 Å². The summed E-state index contributed by atoms with van der Waals surface area (Å²) in [5.41, 5.74) is 0. The number of carbonyl (C=O) groups is 1. The summed E-state index contributed by atoms with van der Waals surface area (Å²) in [6.45, 7) is 0.823. The van der Waals surface area contributed by atoms with E-state index in [2.05, 4.69) is 10.3 Å². The normalized spacial score (nSPS) is 22.8. The maximum Gasteiger partial charge on any atom is 0.233 e. The van der Waals surface area contributed by atoms with Crippen molar-refractivity contribution in [2.75, 3.05) is 26.7 Å². The molecular formula is C13H18ClN3O3. The number of aromatic nitrogens is 1. The molecule has 1 aliphatic heterocycles. The van der Waals surface area contributed by atoms with E-state index in [0.717, 1.165) is 0 Å². The first-order valence-corrected chi connectivity index (χ1v) is 6.84. The fourth-order valence-corrected chi connectivity index (χ4v) is 2.47. The van der Waals surface area contributed by atoms with Crippen LogP contribution in [0, 0.1) is 0 Å². The third kappa shape index (κ3) is 3.59. The molecular weight excluding hydrogens is 282 g/mol. The molecule has 1 saturated heterocycles. The fraction of sp³-hybridized carbons (Fsp3) is 0.538. The molecule has 7 heteroatoms. The van der Waals surface area contributed by atoms with Crippen LogP contribution in [-0.2, 0) is 4.79 Å². The Bertz CT molecular complexity index is 472. The van der Waals surface area contributed by atoms with Crippen LogP contribution in [0.2, 0.25) is 5.15 Å². The van der Waals surface area contributed by atoms with Gasteiger partial charge in [0.05, 0.1) is 13.2 Å². The molecule has 1 fully saturated rings. The highest BCUT2D eigenvalue weighted by Gasteiger charge is 2.34. The molecule has 1 aliphatic rings. The summed E-state index contributed by atoms with van der Waals surface area (Å²) >= 11 is 5.95. The van der Waals surface area contributed by atoms with Crippen LogP contribution in [0.4, 0.5) is 0 Å². The molecule has 1 amide bonds. The Labute approximate surface area is 122 Å². The Morgan fingerprint density at radius 1 is 1.70 bits per heavy atom. The van der Waals surface area contributed by atoms with E-state index in [9.17, 15) is 9.90 Å². The zero-order valence-electron chi connectivity index (χ0n) is 11.3. The van der Waals surface area contributed by atoms with E-state index in [-0.39, 0.29) is 31.2 Å². The molecule has 20 heavy (non-hydrogen) atoms. The molecule has 110 valence electrons. The molecule has 0 aromatic carbocycles. The van der Waals surface area contributed by atoms with Gasteiger partial charge in [0, 0.05) is 32.3 Å². The number of pyridine rings is 1. The smallest absolute Gasteiger partial charge is 0.233 e. The van der Waals surface area contributed by atoms with Crippen LogP contribution < -0.4 is 10.1 Å². The molecule has 0 saturated carbocycles. The average molecular weight is 300 g/mol. The number of likely N-dealkylation sites (tertiary alicyclic amines) is 1. The number of carbonyl (C=O) groups excluding carboxylic acids is 1. The summed E-state index contributed by atoms with van der Waals surface area (Å²) in [7, 11) is 1.59. The number of aliphatic hydroxyl groups is 1. The molecule has 2 heterocycles. The summed E-state index contributed by atoms with van der Waals surface area (Å²) in [5.74, 6) is 0.446. The Morgan fingerprint density at radius 3 is 3.15 bits per heavy atom. The van der Waals surface area contributed by atoms with Crippen LogP contribution in [0.5, 0.6) is 5.75 Å². The Balaban J connectivity index is 1.98. The number of nitrogens with one attached hydrogen (secondary N) is 1. The Morgan fingerprint density at radius 2 is 2.50 bits per heavy atom. The van der Waals surface area contributed by atoms with E-state index in [0.29, 0.717) is 23.9 Å². The van der Waals surface area contributed by atoms with E-state index in [1.54, 1.807) is 25.4 Å². The standard InChI is InChI=1S/C13H18ClN3O3/c1-15-12(19)7-17-6-10(5-9(17)8-18)20-11-3-2-4-16-13(11)14/h2-4,9-10,18H,5-8H2,1H3,(H,15,19)/t9-,10-/m1/s1. The zero-order valence-corrected chi connectivity index (χ0v) is 12.0. The van der Waals surface area contributed by atoms with Gasteiger partial charge < -0.3 is 15.2 Å².